The summed E-state index contributed by atoms with van der Waals surface area (Å²) in [4.78, 5) is 0. The summed E-state index contributed by atoms with van der Waals surface area (Å²) in [6.07, 6.45) is 9.24. The van der Waals surface area contributed by atoms with Gasteiger partial charge in [-0.15, -0.1) is 6.58 Å². The van der Waals surface area contributed by atoms with E-state index >= 15 is 0 Å². The summed E-state index contributed by atoms with van der Waals surface area (Å²) in [6, 6.07) is 7.15. The van der Waals surface area contributed by atoms with E-state index in [-0.39, 0.29) is 0 Å². The molecule has 0 saturated heterocycles. The zero-order valence-electron chi connectivity index (χ0n) is 15.2. The first-order chi connectivity index (χ1) is 11.9. The minimum absolute atomic E-state index is 0.465. The number of rotatable bonds is 5. The van der Waals surface area contributed by atoms with E-state index in [4.69, 9.17) is 0 Å². The first-order valence-corrected chi connectivity index (χ1v) is 8.09. The molecule has 1 heterocycles. The van der Waals surface area contributed by atoms with Crippen LogP contribution in [0.5, 0.6) is 0 Å². The molecule has 0 fully saturated rings. The fourth-order valence-corrected chi connectivity index (χ4v) is 2.53. The summed E-state index contributed by atoms with van der Waals surface area (Å²) < 4.78 is 2.10. The van der Waals surface area contributed by atoms with Crippen LogP contribution in [0.25, 0.3) is 17.8 Å². The number of nitrogens with zero attached hydrogens (tertiary/aromatic N) is 1. The maximum atomic E-state index is 9.22. The minimum Gasteiger partial charge on any atom is -0.423 e. The van der Waals surface area contributed by atoms with Crippen LogP contribution in [0.4, 0.5) is 0 Å². The largest absolute Gasteiger partial charge is 0.488 e. The maximum Gasteiger partial charge on any atom is 0.488 e. The van der Waals surface area contributed by atoms with Crippen molar-refractivity contribution >= 4 is 24.7 Å². The van der Waals surface area contributed by atoms with E-state index in [1.165, 1.54) is 11.1 Å². The van der Waals surface area contributed by atoms with Gasteiger partial charge < -0.3 is 14.6 Å². The first kappa shape index (κ1) is 20.5. The van der Waals surface area contributed by atoms with Gasteiger partial charge in [-0.05, 0) is 61.6 Å². The fourth-order valence-electron chi connectivity index (χ4n) is 2.53. The number of hydrogen-bond donors (Lipinski definition) is 2. The lowest BCUT2D eigenvalue weighted by Crippen LogP contribution is -2.29. The van der Waals surface area contributed by atoms with Crippen molar-refractivity contribution in [3.63, 3.8) is 0 Å². The normalized spacial score (nSPS) is 10.1. The second-order valence-corrected chi connectivity index (χ2v) is 5.53. The molecule has 0 bridgehead atoms. The fraction of sp³-hybridized carbons (Fsp3) is 0.143. The molecule has 0 atom stereocenters. The Bertz CT molecular complexity index is 768. The molecule has 2 aromatic rings. The molecule has 0 saturated carbocycles. The highest BCUT2D eigenvalue weighted by Crippen LogP contribution is 2.27. The van der Waals surface area contributed by atoms with Crippen LogP contribution in [0, 0.1) is 13.8 Å². The summed E-state index contributed by atoms with van der Waals surface area (Å²) in [7, 11) is -1.46. The van der Waals surface area contributed by atoms with Gasteiger partial charge in [0, 0.05) is 17.1 Å². The lowest BCUT2D eigenvalue weighted by molar-refractivity contribution is 0.426. The summed E-state index contributed by atoms with van der Waals surface area (Å²) in [6.45, 7) is 17.0. The highest BCUT2D eigenvalue weighted by Gasteiger charge is 2.16. The van der Waals surface area contributed by atoms with Crippen LogP contribution in [0.3, 0.4) is 0 Å². The van der Waals surface area contributed by atoms with Gasteiger partial charge in [-0.3, -0.25) is 0 Å². The number of benzene rings is 1. The summed E-state index contributed by atoms with van der Waals surface area (Å²) in [5.41, 5.74) is 5.85. The van der Waals surface area contributed by atoms with Crippen molar-refractivity contribution < 1.29 is 10.0 Å². The van der Waals surface area contributed by atoms with Crippen molar-refractivity contribution in [1.29, 1.82) is 0 Å². The molecule has 0 spiro atoms. The molecule has 130 valence electrons. The van der Waals surface area contributed by atoms with Crippen LogP contribution >= 0.6 is 0 Å². The van der Waals surface area contributed by atoms with Crippen molar-refractivity contribution in [3.05, 3.63) is 84.7 Å². The Kier molecular flexibility index (Phi) is 7.93. The Hall–Kier alpha value is -2.56. The van der Waals surface area contributed by atoms with Gasteiger partial charge in [-0.2, -0.15) is 0 Å². The van der Waals surface area contributed by atoms with Gasteiger partial charge in [0.1, 0.15) is 0 Å². The van der Waals surface area contributed by atoms with Crippen molar-refractivity contribution in [2.75, 3.05) is 0 Å². The third-order valence-electron chi connectivity index (χ3n) is 3.85. The molecule has 3 nitrogen and oxygen atoms in total. The number of aromatic nitrogens is 1. The lowest BCUT2D eigenvalue weighted by Gasteiger charge is -2.11. The van der Waals surface area contributed by atoms with E-state index in [1.54, 1.807) is 24.3 Å². The van der Waals surface area contributed by atoms with Gasteiger partial charge in [0.05, 0.1) is 0 Å². The number of hydrogen-bond acceptors (Lipinski definition) is 2. The van der Waals surface area contributed by atoms with Crippen LogP contribution in [-0.2, 0) is 0 Å². The molecule has 0 amide bonds. The predicted molar refractivity (Wildman–Crippen MR) is 110 cm³/mol. The van der Waals surface area contributed by atoms with Gasteiger partial charge in [0.15, 0.2) is 0 Å². The van der Waals surface area contributed by atoms with E-state index in [0.29, 0.717) is 5.46 Å². The van der Waals surface area contributed by atoms with Crippen LogP contribution in [-0.4, -0.2) is 21.7 Å². The molecule has 4 heteroatoms. The van der Waals surface area contributed by atoms with E-state index in [1.807, 2.05) is 37.3 Å². The molecule has 25 heavy (non-hydrogen) atoms. The van der Waals surface area contributed by atoms with Crippen molar-refractivity contribution in [1.82, 2.24) is 4.57 Å². The maximum absolute atomic E-state index is 9.22. The Morgan fingerprint density at radius 1 is 0.960 bits per heavy atom. The van der Waals surface area contributed by atoms with Gasteiger partial charge in [0.2, 0.25) is 0 Å². The van der Waals surface area contributed by atoms with Crippen LogP contribution in [0.2, 0.25) is 0 Å². The van der Waals surface area contributed by atoms with E-state index in [9.17, 15) is 10.0 Å². The average molecular weight is 335 g/mol. The molecule has 0 aliphatic heterocycles. The molecular formula is C21H26BNO2. The van der Waals surface area contributed by atoms with E-state index < -0.39 is 7.12 Å². The van der Waals surface area contributed by atoms with Gasteiger partial charge in [-0.25, -0.2) is 0 Å². The summed E-state index contributed by atoms with van der Waals surface area (Å²) in [5.74, 6) is 0. The second-order valence-electron chi connectivity index (χ2n) is 5.53. The first-order valence-electron chi connectivity index (χ1n) is 8.09. The van der Waals surface area contributed by atoms with Gasteiger partial charge >= 0.3 is 7.12 Å². The average Bonchev–Trinajstić information content (AvgIpc) is 2.84. The monoisotopic (exact) mass is 335 g/mol. The van der Waals surface area contributed by atoms with Crippen molar-refractivity contribution in [2.24, 2.45) is 0 Å². The highest BCUT2D eigenvalue weighted by molar-refractivity contribution is 6.58. The van der Waals surface area contributed by atoms with Crippen molar-refractivity contribution in [2.45, 2.75) is 20.8 Å². The molecule has 0 aliphatic rings. The van der Waals surface area contributed by atoms with Crippen molar-refractivity contribution in [3.8, 4) is 5.69 Å². The van der Waals surface area contributed by atoms with E-state index in [2.05, 4.69) is 38.2 Å². The number of allylic oxidation sites excluding steroid dienone is 3. The Morgan fingerprint density at radius 2 is 1.48 bits per heavy atom. The summed E-state index contributed by atoms with van der Waals surface area (Å²) in [5, 5.41) is 18.4. The van der Waals surface area contributed by atoms with Gasteiger partial charge in [-0.1, -0.05) is 43.5 Å². The predicted octanol–water partition coefficient (Wildman–Crippen LogP) is 3.81. The zero-order chi connectivity index (χ0) is 19.0. The third-order valence-corrected chi connectivity index (χ3v) is 3.85. The standard InChI is InChI=1S/C18H20BNO2.C3H6/c1-5-7-8-18-14(4)13(3)17(6-2)20(18)16-11-9-15(10-12-16)19(21)22;1-3-2/h5-12,21-22H,1-2H2,3-4H3;3H,1H2,2H3/b8-7-;. The van der Waals surface area contributed by atoms with Crippen LogP contribution < -0.4 is 5.46 Å². The molecule has 1 aromatic carbocycles. The molecule has 1 aromatic heterocycles. The zero-order valence-corrected chi connectivity index (χ0v) is 15.2. The molecular weight excluding hydrogens is 309 g/mol. The highest BCUT2D eigenvalue weighted by atomic mass is 16.4. The van der Waals surface area contributed by atoms with Gasteiger partial charge in [0.25, 0.3) is 0 Å². The Balaban J connectivity index is 0.000000970. The second kappa shape index (κ2) is 9.67. The minimum atomic E-state index is -1.46. The quantitative estimate of drug-likeness (QED) is 0.496. The summed E-state index contributed by atoms with van der Waals surface area (Å²) >= 11 is 0. The third kappa shape index (κ3) is 4.72. The molecule has 0 radical (unpaired) electrons. The molecule has 2 rings (SSSR count). The molecule has 0 aliphatic carbocycles. The Morgan fingerprint density at radius 3 is 1.92 bits per heavy atom. The van der Waals surface area contributed by atoms with E-state index in [0.717, 1.165) is 17.1 Å². The smallest absolute Gasteiger partial charge is 0.423 e. The van der Waals surface area contributed by atoms with Crippen LogP contribution in [0.15, 0.2) is 62.2 Å². The molecule has 2 N–H and O–H groups in total. The van der Waals surface area contributed by atoms with Crippen LogP contribution in [0.1, 0.15) is 29.4 Å². The SMILES string of the molecule is C=C/C=C\c1c(C)c(C)c(C=C)n1-c1ccc(B(O)O)cc1.C=CC. The Labute approximate surface area is 151 Å². The lowest BCUT2D eigenvalue weighted by atomic mass is 9.80. The molecule has 0 unspecified atom stereocenters. The topological polar surface area (TPSA) is 45.4 Å².